The van der Waals surface area contributed by atoms with Crippen molar-refractivity contribution < 1.29 is 18.8 Å². The smallest absolute Gasteiger partial charge is 0.320 e. The summed E-state index contributed by atoms with van der Waals surface area (Å²) in [4.78, 5) is 19.1. The van der Waals surface area contributed by atoms with Crippen LogP contribution in [0.4, 0.5) is 0 Å². The summed E-state index contributed by atoms with van der Waals surface area (Å²) in [5.74, 6) is 1.83. The van der Waals surface area contributed by atoms with Crippen molar-refractivity contribution in [3.63, 3.8) is 0 Å². The molecule has 35 heavy (non-hydrogen) atoms. The van der Waals surface area contributed by atoms with E-state index in [-0.39, 0.29) is 12.1 Å². The van der Waals surface area contributed by atoms with Gasteiger partial charge in [0, 0.05) is 17.7 Å². The number of hydrogen-bond donors (Lipinski definition) is 0. The Morgan fingerprint density at radius 3 is 2.83 bits per heavy atom. The van der Waals surface area contributed by atoms with Crippen molar-refractivity contribution in [3.05, 3.63) is 46.8 Å². The summed E-state index contributed by atoms with van der Waals surface area (Å²) in [6.45, 7) is 11.7. The van der Waals surface area contributed by atoms with Crippen molar-refractivity contribution in [3.8, 4) is 17.2 Å². The topological polar surface area (TPSA) is 77.7 Å². The van der Waals surface area contributed by atoms with E-state index in [0.717, 1.165) is 43.5 Å². The minimum atomic E-state index is -0.463. The van der Waals surface area contributed by atoms with E-state index in [1.165, 1.54) is 5.57 Å². The average Bonchev–Trinajstić information content (AvgIpc) is 3.16. The number of halogens is 1. The van der Waals surface area contributed by atoms with Crippen molar-refractivity contribution in [2.75, 3.05) is 19.6 Å². The van der Waals surface area contributed by atoms with Gasteiger partial charge in [0.2, 0.25) is 5.82 Å². The van der Waals surface area contributed by atoms with Crippen LogP contribution in [-0.2, 0) is 9.53 Å². The maximum absolute atomic E-state index is 12.3. The number of aromatic nitrogens is 2. The monoisotopic (exact) mass is 499 g/mol. The lowest BCUT2D eigenvalue weighted by atomic mass is 9.86. The van der Waals surface area contributed by atoms with Gasteiger partial charge in [-0.25, -0.2) is 0 Å². The van der Waals surface area contributed by atoms with Crippen LogP contribution < -0.4 is 4.74 Å². The third-order valence-electron chi connectivity index (χ3n) is 5.90. The number of carbonyl (C=O) groups excluding carboxylic acids is 1. The number of nitrogens with zero attached hydrogens (tertiary/aromatic N) is 3. The predicted octanol–water partition coefficient (Wildman–Crippen LogP) is 5.94. The highest BCUT2D eigenvalue weighted by Gasteiger charge is 2.28. The predicted molar refractivity (Wildman–Crippen MR) is 136 cm³/mol. The highest BCUT2D eigenvalue weighted by Crippen LogP contribution is 2.35. The Labute approximate surface area is 212 Å². The minimum Gasteiger partial charge on any atom is -0.489 e. The van der Waals surface area contributed by atoms with E-state index < -0.39 is 5.60 Å². The molecule has 4 rings (SSSR count). The van der Waals surface area contributed by atoms with Gasteiger partial charge in [0.15, 0.2) is 0 Å². The Kier molecular flexibility index (Phi) is 7.67. The molecular formula is C27H34ClN3O4. The lowest BCUT2D eigenvalue weighted by molar-refractivity contribution is -0.156. The van der Waals surface area contributed by atoms with Crippen LogP contribution in [0.15, 0.2) is 40.4 Å². The zero-order chi connectivity index (χ0) is 25.2. The van der Waals surface area contributed by atoms with Gasteiger partial charge < -0.3 is 14.0 Å². The Morgan fingerprint density at radius 2 is 2.11 bits per heavy atom. The summed E-state index contributed by atoms with van der Waals surface area (Å²) < 4.78 is 16.8. The molecule has 1 atom stereocenters. The molecule has 0 radical (unpaired) electrons. The fourth-order valence-corrected chi connectivity index (χ4v) is 4.70. The number of benzene rings is 1. The molecule has 1 saturated heterocycles. The molecule has 8 heteroatoms. The first-order valence-electron chi connectivity index (χ1n) is 12.2. The van der Waals surface area contributed by atoms with E-state index in [4.69, 9.17) is 25.6 Å². The zero-order valence-corrected chi connectivity index (χ0v) is 21.9. The Morgan fingerprint density at radius 1 is 1.31 bits per heavy atom. The summed E-state index contributed by atoms with van der Waals surface area (Å²) in [5.41, 5.74) is 2.63. The van der Waals surface area contributed by atoms with Crippen LogP contribution in [0.2, 0.25) is 5.02 Å². The molecule has 2 aliphatic rings. The first kappa shape index (κ1) is 25.5. The number of likely N-dealkylation sites (tertiary alicyclic amines) is 1. The van der Waals surface area contributed by atoms with Crippen LogP contribution in [0.1, 0.15) is 59.7 Å². The van der Waals surface area contributed by atoms with Gasteiger partial charge in [-0.1, -0.05) is 34.5 Å². The average molecular weight is 500 g/mol. The van der Waals surface area contributed by atoms with E-state index in [9.17, 15) is 4.79 Å². The number of esters is 1. The van der Waals surface area contributed by atoms with Gasteiger partial charge in [-0.15, -0.1) is 0 Å². The third kappa shape index (κ3) is 6.73. The maximum atomic E-state index is 12.3. The summed E-state index contributed by atoms with van der Waals surface area (Å²) in [5, 5.41) is 4.73. The normalized spacial score (nSPS) is 19.0. The third-order valence-corrected chi connectivity index (χ3v) is 6.20. The maximum Gasteiger partial charge on any atom is 0.320 e. The van der Waals surface area contributed by atoms with E-state index in [1.807, 2.05) is 46.8 Å². The molecule has 7 nitrogen and oxygen atoms in total. The van der Waals surface area contributed by atoms with Crippen LogP contribution in [0.25, 0.3) is 17.0 Å². The molecule has 1 aliphatic carbocycles. The van der Waals surface area contributed by atoms with Crippen molar-refractivity contribution in [2.45, 2.75) is 65.6 Å². The Bertz CT molecular complexity index is 1130. The summed E-state index contributed by atoms with van der Waals surface area (Å²) >= 11 is 6.38. The lowest BCUT2D eigenvalue weighted by Crippen LogP contribution is -2.37. The Balaban J connectivity index is 1.43. The molecule has 188 valence electrons. The molecule has 1 aromatic carbocycles. The first-order chi connectivity index (χ1) is 16.6. The second-order valence-corrected chi connectivity index (χ2v) is 10.9. The number of hydrogen-bond acceptors (Lipinski definition) is 7. The van der Waals surface area contributed by atoms with E-state index in [1.54, 1.807) is 6.07 Å². The highest BCUT2D eigenvalue weighted by atomic mass is 35.5. The number of allylic oxidation sites excluding steroid dienone is 3. The van der Waals surface area contributed by atoms with Gasteiger partial charge in [0.05, 0.1) is 17.7 Å². The van der Waals surface area contributed by atoms with Gasteiger partial charge in [-0.2, -0.15) is 4.98 Å². The van der Waals surface area contributed by atoms with Crippen molar-refractivity contribution in [1.29, 1.82) is 0 Å². The molecule has 2 aromatic rings. The quantitative estimate of drug-likeness (QED) is 0.455. The molecule has 1 aliphatic heterocycles. The summed E-state index contributed by atoms with van der Waals surface area (Å²) in [6.07, 6.45) is 7.25. The van der Waals surface area contributed by atoms with Crippen molar-refractivity contribution >= 4 is 23.1 Å². The molecule has 0 saturated carbocycles. The number of ether oxygens (including phenoxy) is 2. The summed E-state index contributed by atoms with van der Waals surface area (Å²) in [7, 11) is 0. The van der Waals surface area contributed by atoms with Crippen LogP contribution in [0, 0.1) is 5.92 Å². The number of rotatable bonds is 6. The van der Waals surface area contributed by atoms with E-state index in [2.05, 4.69) is 27.2 Å². The molecule has 2 heterocycles. The highest BCUT2D eigenvalue weighted by molar-refractivity contribution is 6.32. The largest absolute Gasteiger partial charge is 0.489 e. The molecule has 0 bridgehead atoms. The van der Waals surface area contributed by atoms with Crippen LogP contribution in [0.3, 0.4) is 0 Å². The van der Waals surface area contributed by atoms with Gasteiger partial charge in [-0.3, -0.25) is 9.69 Å². The van der Waals surface area contributed by atoms with Crippen LogP contribution >= 0.6 is 11.6 Å². The van der Waals surface area contributed by atoms with Gasteiger partial charge in [0.25, 0.3) is 5.89 Å². The van der Waals surface area contributed by atoms with Gasteiger partial charge >= 0.3 is 5.97 Å². The van der Waals surface area contributed by atoms with Crippen molar-refractivity contribution in [2.24, 2.45) is 5.92 Å². The van der Waals surface area contributed by atoms with Gasteiger partial charge in [0.1, 0.15) is 11.4 Å². The fourth-order valence-electron chi connectivity index (χ4n) is 4.47. The first-order valence-corrected chi connectivity index (χ1v) is 12.6. The lowest BCUT2D eigenvalue weighted by Gasteiger charge is -2.27. The zero-order valence-electron chi connectivity index (χ0n) is 21.1. The fraction of sp³-hybridized carbons (Fsp3) is 0.519. The second-order valence-electron chi connectivity index (χ2n) is 10.5. The minimum absolute atomic E-state index is 0.0387. The SMILES string of the molecule is CC(C)Oc1ccc(-c2nc(C3=CCC4CN(CC(=O)OC(C)(C)C)CCCC4=C3)no2)cc1Cl. The van der Waals surface area contributed by atoms with Crippen LogP contribution in [0.5, 0.6) is 5.75 Å². The standard InChI is InChI=1S/C27H34ClN3O4/c1-17(2)33-23-11-10-20(14-22(23)28)26-29-25(30-35-26)19-8-9-21-15-31(12-6-7-18(21)13-19)16-24(32)34-27(3,4)5/h8,10-11,13-14,17,21H,6-7,9,12,15-16H2,1-5H3. The van der Waals surface area contributed by atoms with E-state index in [0.29, 0.717) is 34.9 Å². The second kappa shape index (κ2) is 10.5. The van der Waals surface area contributed by atoms with E-state index >= 15 is 0 Å². The molecular weight excluding hydrogens is 466 g/mol. The molecule has 0 amide bonds. The molecule has 1 unspecified atom stereocenters. The van der Waals surface area contributed by atoms with Crippen molar-refractivity contribution in [1.82, 2.24) is 15.0 Å². The Hall–Kier alpha value is -2.64. The molecule has 1 aromatic heterocycles. The molecule has 0 spiro atoms. The number of fused-ring (bicyclic) bond motifs is 1. The van der Waals surface area contributed by atoms with Gasteiger partial charge in [-0.05, 0) is 84.5 Å². The molecule has 0 N–H and O–H groups in total. The number of carbonyl (C=O) groups is 1. The summed E-state index contributed by atoms with van der Waals surface area (Å²) in [6, 6.07) is 5.47. The molecule has 1 fully saturated rings. The van der Waals surface area contributed by atoms with Crippen LogP contribution in [-0.4, -0.2) is 52.3 Å².